The van der Waals surface area contributed by atoms with Crippen LogP contribution < -0.4 is 20.5 Å². The molecule has 2 aromatic carbocycles. The van der Waals surface area contributed by atoms with Gasteiger partial charge in [-0.25, -0.2) is 38.1 Å². The lowest BCUT2D eigenvalue weighted by Crippen LogP contribution is -2.40. The first-order chi connectivity index (χ1) is 51.1. The summed E-state index contributed by atoms with van der Waals surface area (Å²) in [5, 5.41) is 55.5. The van der Waals surface area contributed by atoms with Crippen LogP contribution in [0.5, 0.6) is 11.5 Å². The van der Waals surface area contributed by atoms with E-state index in [-0.39, 0.29) is 48.8 Å². The highest BCUT2D eigenvalue weighted by molar-refractivity contribution is 7.55. The third-order valence-corrected chi connectivity index (χ3v) is 21.3. The Bertz CT molecular complexity index is 4160. The molecule has 12 rings (SSSR count). The van der Waals surface area contributed by atoms with E-state index in [9.17, 15) is 24.8 Å². The molecule has 106 heavy (non-hydrogen) atoms. The summed E-state index contributed by atoms with van der Waals surface area (Å²) in [7, 11) is -7.94. The minimum atomic E-state index is -4.27. The van der Waals surface area contributed by atoms with Crippen LogP contribution in [0.1, 0.15) is 156 Å². The normalized spacial score (nSPS) is 22.4. The highest BCUT2D eigenvalue weighted by Crippen LogP contribution is 2.55. The molecule has 0 radical (unpaired) electrons. The number of unbranched alkanes of at least 4 members (excludes halogenated alkanes) is 12. The van der Waals surface area contributed by atoms with Crippen LogP contribution >= 0.6 is 38.7 Å². The molecule has 6 N–H and O–H groups in total. The average Bonchev–Trinajstić information content (AvgIpc) is 1.56. The molecule has 10 heterocycles. The van der Waals surface area contributed by atoms with Crippen molar-refractivity contribution >= 4 is 61.4 Å². The topological polar surface area (TPSA) is 407 Å². The number of phosphoric acid groups is 1. The standard InChI is InChI=1S/C33H45ClN5O8P.C15H17N5O4.C12H26O2.C10H8ClN6O2P/c1-4-5-6-7-8-9-12-18-41-19-13-20-42-48(40,47-26-15-11-10-14-24(26)34)43-21-27-29-30(46-32(2,3)45-29)33(22-35,44-27)28-17-16-25-31(36)37-23-38-39(25)28;1-14(2)23-11-9(5-21)22-15(6-16,12(11)24-14)10-4-3-8-13(17)18-7-19-20(8)10;1-2-3-4-5-6-7-8-11-14-12-9-10-13;11-9-3-1-2-4-10(9)19-20(18,16-7-12-5-14-16)17-8-13-6-15-17/h10-11,14-17,23,27,29-30H,4-9,12-13,18-21H2,1-3H3,(H2,36,37,38);3-4,7,9,11-12,21H,5H2,1-2H3,(H2,17,18,19);13H,2-12H2,1H3;1-8H/t27-,29-,30-,33+,48?;9-,11-,12-,15+;;/m11../s1. The number of hydrogen-bond acceptors (Lipinski definition) is 28. The smallest absolute Gasteiger partial charge is 0.410 e. The van der Waals surface area contributed by atoms with E-state index in [0.717, 1.165) is 34.8 Å². The predicted molar refractivity (Wildman–Crippen MR) is 390 cm³/mol. The number of rotatable bonds is 36. The predicted octanol–water partition coefficient (Wildman–Crippen LogP) is 12.2. The summed E-state index contributed by atoms with van der Waals surface area (Å²) in [5.74, 6) is -1.02. The summed E-state index contributed by atoms with van der Waals surface area (Å²) in [6, 6.07) is 24.6. The first kappa shape index (κ1) is 82.8. The van der Waals surface area contributed by atoms with Crippen molar-refractivity contribution in [3.63, 3.8) is 0 Å². The van der Waals surface area contributed by atoms with Crippen LogP contribution in [-0.4, -0.2) is 170 Å². The fourth-order valence-corrected chi connectivity index (χ4v) is 15.6. The van der Waals surface area contributed by atoms with E-state index in [1.165, 1.54) is 124 Å². The fourth-order valence-electron chi connectivity index (χ4n) is 12.4. The summed E-state index contributed by atoms with van der Waals surface area (Å²) >= 11 is 12.3. The number of benzene rings is 2. The van der Waals surface area contributed by atoms with Crippen LogP contribution in [0.4, 0.5) is 11.6 Å². The Morgan fingerprint density at radius 3 is 1.42 bits per heavy atom. The van der Waals surface area contributed by atoms with Crippen molar-refractivity contribution in [1.29, 1.82) is 10.5 Å². The summed E-state index contributed by atoms with van der Waals surface area (Å²) < 4.78 is 103. The monoisotopic (exact) mass is 1550 g/mol. The highest BCUT2D eigenvalue weighted by atomic mass is 35.5. The molecule has 4 fully saturated rings. The highest BCUT2D eigenvalue weighted by Gasteiger charge is 2.67. The maximum atomic E-state index is 14.1. The number of hydrogen-bond donors (Lipinski definition) is 4. The molecule has 4 aliphatic heterocycles. The zero-order chi connectivity index (χ0) is 75.8. The minimum Gasteiger partial charge on any atom is -0.410 e. The molecular formula is C70H96Cl2N16O16P2. The van der Waals surface area contributed by atoms with Gasteiger partial charge in [0.15, 0.2) is 23.2 Å². The number of para-hydroxylation sites is 2. The van der Waals surface area contributed by atoms with Crippen LogP contribution in [0, 0.1) is 22.7 Å². The van der Waals surface area contributed by atoms with Crippen molar-refractivity contribution in [3.05, 3.63) is 132 Å². The lowest BCUT2D eigenvalue weighted by Gasteiger charge is -2.29. The molecule has 0 spiro atoms. The lowest BCUT2D eigenvalue weighted by atomic mass is 9.92. The number of nitrogens with zero attached hydrogens (tertiary/aromatic N) is 14. The number of aliphatic hydroxyl groups is 2. The van der Waals surface area contributed by atoms with Crippen molar-refractivity contribution in [2.45, 2.75) is 204 Å². The van der Waals surface area contributed by atoms with Gasteiger partial charge in [0.05, 0.1) is 41.3 Å². The number of aliphatic hydroxyl groups excluding tert-OH is 2. The molecule has 1 unspecified atom stereocenters. The SMILES string of the molecule is CC1(C)O[C@H]2[C@@H](O1)[C@](C#N)(c1ccc3c(N)ncnn13)O[C@@H]2CO.CCCCCCCCCOCCCO.CCCCCCCCCOCCCOP(=O)(OC[C@H]1O[C@@](C#N)(c2ccc3c(N)ncnn23)[C@@H]2OC(C)(C)O[C@@H]21)Oc1ccccc1Cl.O=P(Oc1ccccc1Cl)(n1cncn1)n1cncn1. The van der Waals surface area contributed by atoms with E-state index in [1.54, 1.807) is 100 Å². The second kappa shape index (κ2) is 39.2. The molecule has 9 atom stereocenters. The first-order valence-electron chi connectivity index (χ1n) is 35.7. The fraction of sp³-hybridized carbons (Fsp3) is 0.571. The van der Waals surface area contributed by atoms with Gasteiger partial charge in [0.2, 0.25) is 11.2 Å². The number of nitriles is 2. The van der Waals surface area contributed by atoms with Gasteiger partial charge in [0, 0.05) is 33.0 Å². The maximum Gasteiger partial charge on any atom is 0.530 e. The zero-order valence-electron chi connectivity index (χ0n) is 60.5. The second-order valence-electron chi connectivity index (χ2n) is 26.2. The summed E-state index contributed by atoms with van der Waals surface area (Å²) in [4.78, 5) is 15.5. The third kappa shape index (κ3) is 20.7. The summed E-state index contributed by atoms with van der Waals surface area (Å²) in [6.45, 7) is 13.8. The van der Waals surface area contributed by atoms with E-state index < -0.39 is 74.9 Å². The molecule has 6 aromatic heterocycles. The minimum absolute atomic E-state index is 0.0440. The van der Waals surface area contributed by atoms with E-state index >= 15 is 0 Å². The summed E-state index contributed by atoms with van der Waals surface area (Å²) in [5.41, 5.74) is 10.7. The Labute approximate surface area is 626 Å². The average molecular weight is 1550 g/mol. The molecule has 4 aliphatic rings. The number of ether oxygens (including phenoxy) is 8. The van der Waals surface area contributed by atoms with E-state index in [1.807, 2.05) is 0 Å². The van der Waals surface area contributed by atoms with Gasteiger partial charge < -0.3 is 68.6 Å². The van der Waals surface area contributed by atoms with Crippen molar-refractivity contribution < 1.29 is 75.3 Å². The molecule has 0 saturated carbocycles. The van der Waals surface area contributed by atoms with Crippen LogP contribution in [0.15, 0.2) is 111 Å². The molecule has 0 amide bonds. The van der Waals surface area contributed by atoms with Gasteiger partial charge in [-0.3, -0.25) is 9.05 Å². The van der Waals surface area contributed by atoms with Crippen LogP contribution in [0.25, 0.3) is 11.0 Å². The Morgan fingerprint density at radius 1 is 0.528 bits per heavy atom. The molecule has 0 aliphatic carbocycles. The Morgan fingerprint density at radius 2 is 0.972 bits per heavy atom. The second-order valence-corrected chi connectivity index (χ2v) is 30.6. The van der Waals surface area contributed by atoms with Gasteiger partial charge in [0.25, 0.3) is 0 Å². The number of nitrogens with two attached hydrogens (primary N) is 2. The van der Waals surface area contributed by atoms with Crippen molar-refractivity contribution in [3.8, 4) is 23.6 Å². The maximum absolute atomic E-state index is 14.1. The van der Waals surface area contributed by atoms with Crippen LogP contribution in [0.3, 0.4) is 0 Å². The van der Waals surface area contributed by atoms with Crippen LogP contribution in [0.2, 0.25) is 10.0 Å². The molecule has 576 valence electrons. The Hall–Kier alpha value is -7.30. The number of nitrogen functional groups attached to an aromatic ring is 2. The number of aromatic nitrogens is 12. The molecule has 0 bridgehead atoms. The largest absolute Gasteiger partial charge is 0.530 e. The van der Waals surface area contributed by atoms with Gasteiger partial charge in [-0.05, 0) is 102 Å². The van der Waals surface area contributed by atoms with Gasteiger partial charge >= 0.3 is 15.5 Å². The number of fused-ring (bicyclic) bond motifs is 4. The Kier molecular flexibility index (Phi) is 30.6. The lowest BCUT2D eigenvalue weighted by molar-refractivity contribution is -0.204. The molecular weight excluding hydrogens is 1450 g/mol. The Balaban J connectivity index is 0.000000185. The van der Waals surface area contributed by atoms with Gasteiger partial charge in [-0.1, -0.05) is 138 Å². The number of anilines is 2. The first-order valence-corrected chi connectivity index (χ1v) is 39.4. The van der Waals surface area contributed by atoms with Gasteiger partial charge in [-0.15, -0.1) is 19.1 Å². The van der Waals surface area contributed by atoms with E-state index in [4.69, 9.17) is 95.8 Å². The number of halogens is 2. The third-order valence-electron chi connectivity index (χ3n) is 17.4. The zero-order valence-corrected chi connectivity index (χ0v) is 63.8. The number of phosphoric ester groups is 1. The summed E-state index contributed by atoms with van der Waals surface area (Å²) in [6.07, 6.45) is 22.1. The molecule has 4 saturated heterocycles. The molecule has 32 nitrogen and oxygen atoms in total. The van der Waals surface area contributed by atoms with Gasteiger partial charge in [0.1, 0.15) is 109 Å². The van der Waals surface area contributed by atoms with E-state index in [0.29, 0.717) is 59.5 Å². The molecule has 36 heteroatoms. The van der Waals surface area contributed by atoms with Crippen molar-refractivity contribution in [2.24, 2.45) is 0 Å². The van der Waals surface area contributed by atoms with Gasteiger partial charge in [-0.2, -0.15) is 20.7 Å². The quantitative estimate of drug-likeness (QED) is 0.0209. The van der Waals surface area contributed by atoms with Crippen molar-refractivity contribution in [2.75, 3.05) is 64.3 Å². The van der Waals surface area contributed by atoms with E-state index in [2.05, 4.69) is 66.3 Å². The van der Waals surface area contributed by atoms with Crippen LogP contribution in [-0.2, 0) is 67.3 Å². The molecule has 8 aromatic rings. The van der Waals surface area contributed by atoms with Crippen molar-refractivity contribution in [1.82, 2.24) is 58.3 Å².